The molecule has 0 aliphatic carbocycles. The lowest BCUT2D eigenvalue weighted by Crippen LogP contribution is -2.28. The molecule has 116 valence electrons. The van der Waals surface area contributed by atoms with Crippen LogP contribution in [0.4, 0.5) is 5.69 Å². The normalized spacial score (nSPS) is 22.3. The maximum absolute atomic E-state index is 12.0. The minimum Gasteiger partial charge on any atom is -0.365 e. The maximum Gasteiger partial charge on any atom is 0.261 e. The van der Waals surface area contributed by atoms with Gasteiger partial charge in [0.2, 0.25) is 0 Å². The Morgan fingerprint density at radius 3 is 2.29 bits per heavy atom. The van der Waals surface area contributed by atoms with Crippen molar-refractivity contribution >= 4 is 54.5 Å². The van der Waals surface area contributed by atoms with Gasteiger partial charge in [-0.25, -0.2) is 8.42 Å². The van der Waals surface area contributed by atoms with Gasteiger partial charge < -0.3 is 10.1 Å². The highest BCUT2D eigenvalue weighted by atomic mass is 35.7. The molecule has 1 amide bonds. The van der Waals surface area contributed by atoms with E-state index >= 15 is 0 Å². The second kappa shape index (κ2) is 6.30. The van der Waals surface area contributed by atoms with Crippen molar-refractivity contribution in [2.45, 2.75) is 36.9 Å². The van der Waals surface area contributed by atoms with Crippen molar-refractivity contribution in [3.63, 3.8) is 0 Å². The molecule has 2 unspecified atom stereocenters. The molecule has 2 rings (SSSR count). The molecular formula is C12H12Cl3NO4S. The lowest BCUT2D eigenvalue weighted by Gasteiger charge is -2.14. The minimum absolute atomic E-state index is 0.0129. The molecule has 1 aromatic rings. The summed E-state index contributed by atoms with van der Waals surface area (Å²) < 4.78 is 28.0. The van der Waals surface area contributed by atoms with E-state index in [1.165, 1.54) is 0 Å². The van der Waals surface area contributed by atoms with Gasteiger partial charge in [0.15, 0.2) is 0 Å². The number of hydrogen-bond donors (Lipinski definition) is 1. The third-order valence-corrected chi connectivity index (χ3v) is 5.00. The minimum atomic E-state index is -3.95. The Hall–Kier alpha value is -0.530. The standard InChI is InChI=1S/C12H12Cl3NO4S/c1-6-2-3-10(20-6)12(17)16-11-8(13)4-7(5-9(11)14)21(15,18)19/h4-6,10H,2-3H2,1H3,(H,16,17). The summed E-state index contributed by atoms with van der Waals surface area (Å²) in [5.74, 6) is -0.371. The molecule has 1 aliphatic heterocycles. The molecule has 0 aromatic heterocycles. The van der Waals surface area contributed by atoms with Gasteiger partial charge in [-0.15, -0.1) is 0 Å². The predicted octanol–water partition coefficient (Wildman–Crippen LogP) is 3.43. The summed E-state index contributed by atoms with van der Waals surface area (Å²) in [7, 11) is 1.28. The van der Waals surface area contributed by atoms with Crippen molar-refractivity contribution in [2.75, 3.05) is 5.32 Å². The number of halogens is 3. The van der Waals surface area contributed by atoms with Crippen LogP contribution in [-0.4, -0.2) is 26.5 Å². The Morgan fingerprint density at radius 2 is 1.86 bits per heavy atom. The fraction of sp³-hybridized carbons (Fsp3) is 0.417. The van der Waals surface area contributed by atoms with Gasteiger partial charge in [0.1, 0.15) is 6.10 Å². The molecule has 0 saturated carbocycles. The fourth-order valence-corrected chi connectivity index (χ4v) is 3.50. The summed E-state index contributed by atoms with van der Waals surface area (Å²) >= 11 is 11.9. The Kier molecular flexibility index (Phi) is 5.05. The predicted molar refractivity (Wildman–Crippen MR) is 81.7 cm³/mol. The first-order valence-corrected chi connectivity index (χ1v) is 9.15. The number of benzene rings is 1. The summed E-state index contributed by atoms with van der Waals surface area (Å²) in [5.41, 5.74) is 0.135. The maximum atomic E-state index is 12.0. The van der Waals surface area contributed by atoms with E-state index in [-0.39, 0.29) is 32.6 Å². The second-order valence-corrected chi connectivity index (χ2v) is 8.08. The fourth-order valence-electron chi connectivity index (χ4n) is 2.01. The molecule has 1 aromatic carbocycles. The number of carbonyl (C=O) groups excluding carboxylic acids is 1. The van der Waals surface area contributed by atoms with E-state index in [4.69, 9.17) is 38.6 Å². The summed E-state index contributed by atoms with van der Waals surface area (Å²) in [6.07, 6.45) is 0.860. The molecule has 2 atom stereocenters. The molecule has 0 radical (unpaired) electrons. The first-order chi connectivity index (χ1) is 9.68. The van der Waals surface area contributed by atoms with Crippen LogP contribution >= 0.6 is 33.9 Å². The van der Waals surface area contributed by atoms with Crippen LogP contribution < -0.4 is 5.32 Å². The molecule has 21 heavy (non-hydrogen) atoms. The van der Waals surface area contributed by atoms with E-state index in [1.54, 1.807) is 0 Å². The average molecular weight is 373 g/mol. The number of nitrogens with one attached hydrogen (secondary N) is 1. The Morgan fingerprint density at radius 1 is 1.29 bits per heavy atom. The number of rotatable bonds is 3. The van der Waals surface area contributed by atoms with Crippen molar-refractivity contribution in [1.29, 1.82) is 0 Å². The molecular weight excluding hydrogens is 361 g/mol. The highest BCUT2D eigenvalue weighted by Crippen LogP contribution is 2.35. The lowest BCUT2D eigenvalue weighted by atomic mass is 10.2. The molecule has 1 fully saturated rings. The molecule has 9 heteroatoms. The van der Waals surface area contributed by atoms with E-state index < -0.39 is 15.2 Å². The van der Waals surface area contributed by atoms with Gasteiger partial charge in [-0.05, 0) is 31.9 Å². The quantitative estimate of drug-likeness (QED) is 0.825. The lowest BCUT2D eigenvalue weighted by molar-refractivity contribution is -0.126. The van der Waals surface area contributed by atoms with E-state index in [2.05, 4.69) is 5.32 Å². The van der Waals surface area contributed by atoms with Crippen LogP contribution in [0.3, 0.4) is 0 Å². The zero-order chi connectivity index (χ0) is 15.8. The van der Waals surface area contributed by atoms with Gasteiger partial charge in [0, 0.05) is 10.7 Å². The van der Waals surface area contributed by atoms with Crippen LogP contribution in [0.5, 0.6) is 0 Å². The Bertz CT molecular complexity index is 654. The van der Waals surface area contributed by atoms with Crippen molar-refractivity contribution < 1.29 is 17.9 Å². The van der Waals surface area contributed by atoms with Gasteiger partial charge in [-0.1, -0.05) is 23.2 Å². The van der Waals surface area contributed by atoms with E-state index in [0.717, 1.165) is 18.6 Å². The molecule has 5 nitrogen and oxygen atoms in total. The van der Waals surface area contributed by atoms with Crippen molar-refractivity contribution in [3.8, 4) is 0 Å². The van der Waals surface area contributed by atoms with Gasteiger partial charge in [-0.2, -0.15) is 0 Å². The second-order valence-electron chi connectivity index (χ2n) is 4.70. The zero-order valence-electron chi connectivity index (χ0n) is 10.9. The zero-order valence-corrected chi connectivity index (χ0v) is 14.0. The topological polar surface area (TPSA) is 72.5 Å². The summed E-state index contributed by atoms with van der Waals surface area (Å²) in [5, 5.41) is 2.53. The van der Waals surface area contributed by atoms with Gasteiger partial charge in [0.05, 0.1) is 26.7 Å². The monoisotopic (exact) mass is 371 g/mol. The molecule has 1 aliphatic rings. The Balaban J connectivity index is 2.23. The highest BCUT2D eigenvalue weighted by Gasteiger charge is 2.29. The highest BCUT2D eigenvalue weighted by molar-refractivity contribution is 8.13. The third kappa shape index (κ3) is 4.02. The van der Waals surface area contributed by atoms with E-state index in [1.807, 2.05) is 6.92 Å². The molecule has 0 bridgehead atoms. The Labute approximate surface area is 136 Å². The molecule has 1 heterocycles. The smallest absolute Gasteiger partial charge is 0.261 e. The number of hydrogen-bond acceptors (Lipinski definition) is 4. The van der Waals surface area contributed by atoms with E-state index in [0.29, 0.717) is 6.42 Å². The average Bonchev–Trinajstić information content (AvgIpc) is 2.79. The van der Waals surface area contributed by atoms with Gasteiger partial charge >= 0.3 is 0 Å². The van der Waals surface area contributed by atoms with Gasteiger partial charge in [-0.3, -0.25) is 4.79 Å². The molecule has 1 saturated heterocycles. The van der Waals surface area contributed by atoms with Crippen molar-refractivity contribution in [3.05, 3.63) is 22.2 Å². The summed E-state index contributed by atoms with van der Waals surface area (Å²) in [6.45, 7) is 1.88. The van der Waals surface area contributed by atoms with Crippen molar-refractivity contribution in [2.24, 2.45) is 0 Å². The first kappa shape index (κ1) is 16.8. The number of ether oxygens (including phenoxy) is 1. The van der Waals surface area contributed by atoms with Crippen LogP contribution in [0.25, 0.3) is 0 Å². The first-order valence-electron chi connectivity index (χ1n) is 6.08. The van der Waals surface area contributed by atoms with Crippen LogP contribution in [0.1, 0.15) is 19.8 Å². The number of carbonyl (C=O) groups is 1. The number of anilines is 1. The SMILES string of the molecule is CC1CCC(C(=O)Nc2c(Cl)cc(S(=O)(=O)Cl)cc2Cl)O1. The van der Waals surface area contributed by atoms with Crippen LogP contribution in [0.15, 0.2) is 17.0 Å². The van der Waals surface area contributed by atoms with Crippen LogP contribution in [0, 0.1) is 0 Å². The molecule has 1 N–H and O–H groups in total. The largest absolute Gasteiger partial charge is 0.365 e. The van der Waals surface area contributed by atoms with Crippen molar-refractivity contribution in [1.82, 2.24) is 0 Å². The van der Waals surface area contributed by atoms with E-state index in [9.17, 15) is 13.2 Å². The van der Waals surface area contributed by atoms with Crippen LogP contribution in [-0.2, 0) is 18.6 Å². The third-order valence-electron chi connectivity index (χ3n) is 3.07. The molecule has 0 spiro atoms. The summed E-state index contributed by atoms with van der Waals surface area (Å²) in [6, 6.07) is 2.26. The van der Waals surface area contributed by atoms with Crippen LogP contribution in [0.2, 0.25) is 10.0 Å². The number of amides is 1. The summed E-state index contributed by atoms with van der Waals surface area (Å²) in [4.78, 5) is 11.8. The van der Waals surface area contributed by atoms with Gasteiger partial charge in [0.25, 0.3) is 15.0 Å².